The molecule has 0 atom stereocenters. The summed E-state index contributed by atoms with van der Waals surface area (Å²) in [6.07, 6.45) is 0. The maximum Gasteiger partial charge on any atom is 0.340 e. The fraction of sp³-hybridized carbons (Fsp3) is 0.227. The van der Waals surface area contributed by atoms with Crippen LogP contribution in [0.25, 0.3) is 10.9 Å². The number of aryl methyl sites for hydroxylation is 1. The van der Waals surface area contributed by atoms with Gasteiger partial charge in [0.25, 0.3) is 11.5 Å². The van der Waals surface area contributed by atoms with Gasteiger partial charge in [-0.1, -0.05) is 24.3 Å². The van der Waals surface area contributed by atoms with Crippen molar-refractivity contribution in [3.63, 3.8) is 0 Å². The van der Waals surface area contributed by atoms with Crippen molar-refractivity contribution in [3.8, 4) is 5.75 Å². The Bertz CT molecular complexity index is 1100. The van der Waals surface area contributed by atoms with E-state index in [1.165, 1.54) is 6.07 Å². The van der Waals surface area contributed by atoms with Gasteiger partial charge in [0, 0.05) is 18.0 Å². The molecule has 2 aromatic carbocycles. The molecule has 0 aliphatic rings. The highest BCUT2D eigenvalue weighted by Gasteiger charge is 2.15. The van der Waals surface area contributed by atoms with Crippen LogP contribution in [0.3, 0.4) is 0 Å². The molecule has 29 heavy (non-hydrogen) atoms. The Balaban J connectivity index is 1.78. The smallest absolute Gasteiger partial charge is 0.340 e. The minimum absolute atomic E-state index is 0.200. The first-order valence-corrected chi connectivity index (χ1v) is 9.36. The summed E-state index contributed by atoms with van der Waals surface area (Å²) in [5.41, 5.74) is 1.14. The lowest BCUT2D eigenvalue weighted by atomic mass is 10.2. The number of nitrogens with zero attached hydrogens (tertiary/aromatic N) is 1. The van der Waals surface area contributed by atoms with E-state index in [2.05, 4.69) is 5.32 Å². The largest absolute Gasteiger partial charge is 0.483 e. The molecule has 0 bridgehead atoms. The second kappa shape index (κ2) is 9.05. The number of para-hydroxylation sites is 2. The maximum atomic E-state index is 12.4. The molecule has 3 aromatic rings. The van der Waals surface area contributed by atoms with E-state index in [0.717, 1.165) is 10.9 Å². The molecule has 1 aromatic heterocycles. The summed E-state index contributed by atoms with van der Waals surface area (Å²) in [5.74, 6) is -0.631. The molecule has 150 valence electrons. The van der Waals surface area contributed by atoms with Gasteiger partial charge in [0.05, 0.1) is 23.4 Å². The van der Waals surface area contributed by atoms with Gasteiger partial charge >= 0.3 is 5.97 Å². The minimum atomic E-state index is -0.515. The van der Waals surface area contributed by atoms with Crippen LogP contribution in [0.4, 0.5) is 5.69 Å². The number of rotatable bonds is 7. The summed E-state index contributed by atoms with van der Waals surface area (Å²) in [6, 6.07) is 15.3. The summed E-state index contributed by atoms with van der Waals surface area (Å²) in [4.78, 5) is 36.8. The van der Waals surface area contributed by atoms with E-state index in [0.29, 0.717) is 18.0 Å². The summed E-state index contributed by atoms with van der Waals surface area (Å²) < 4.78 is 12.3. The van der Waals surface area contributed by atoms with Crippen molar-refractivity contribution in [2.75, 3.05) is 18.5 Å². The number of ether oxygens (including phenoxy) is 2. The quantitative estimate of drug-likeness (QED) is 0.622. The van der Waals surface area contributed by atoms with E-state index in [-0.39, 0.29) is 24.3 Å². The Kier molecular flexibility index (Phi) is 6.29. The first-order valence-electron chi connectivity index (χ1n) is 9.36. The number of nitrogens with one attached hydrogen (secondary N) is 1. The Labute approximate surface area is 167 Å². The highest BCUT2D eigenvalue weighted by molar-refractivity contribution is 6.01. The lowest BCUT2D eigenvalue weighted by Crippen LogP contribution is -2.23. The van der Waals surface area contributed by atoms with Gasteiger partial charge in [0.1, 0.15) is 5.75 Å². The molecule has 7 nitrogen and oxygen atoms in total. The SMILES string of the molecule is CCOC(=O)c1ccccc1NC(=O)COc1cc(=O)n(CC)c2ccccc12. The number of carbonyl (C=O) groups is 2. The molecule has 1 N–H and O–H groups in total. The van der Waals surface area contributed by atoms with Crippen LogP contribution in [0.5, 0.6) is 5.75 Å². The number of carbonyl (C=O) groups excluding carboxylic acids is 2. The number of aromatic nitrogens is 1. The zero-order valence-electron chi connectivity index (χ0n) is 16.3. The third kappa shape index (κ3) is 4.45. The number of esters is 1. The maximum absolute atomic E-state index is 12.4. The van der Waals surface area contributed by atoms with Crippen LogP contribution in [0, 0.1) is 0 Å². The molecular formula is C22H22N2O5. The fourth-order valence-corrected chi connectivity index (χ4v) is 3.06. The predicted octanol–water partition coefficient (Wildman–Crippen LogP) is 3.22. The monoisotopic (exact) mass is 394 g/mol. The van der Waals surface area contributed by atoms with Gasteiger partial charge in [0.15, 0.2) is 6.61 Å². The van der Waals surface area contributed by atoms with Gasteiger partial charge in [-0.2, -0.15) is 0 Å². The molecule has 7 heteroatoms. The Hall–Kier alpha value is -3.61. The molecule has 0 aliphatic heterocycles. The van der Waals surface area contributed by atoms with E-state index < -0.39 is 11.9 Å². The first-order chi connectivity index (χ1) is 14.0. The topological polar surface area (TPSA) is 86.6 Å². The normalized spacial score (nSPS) is 10.6. The van der Waals surface area contributed by atoms with Crippen molar-refractivity contribution >= 4 is 28.5 Å². The van der Waals surface area contributed by atoms with Crippen molar-refractivity contribution in [1.82, 2.24) is 4.57 Å². The standard InChI is InChI=1S/C22H22N2O5/c1-3-24-18-12-8-6-10-16(18)19(13-21(24)26)29-14-20(25)23-17-11-7-5-9-15(17)22(27)28-4-2/h5-13H,3-4,14H2,1-2H3,(H,23,25). The molecule has 0 fully saturated rings. The van der Waals surface area contributed by atoms with E-state index >= 15 is 0 Å². The number of pyridine rings is 1. The van der Waals surface area contributed by atoms with E-state index in [9.17, 15) is 14.4 Å². The third-order valence-corrected chi connectivity index (χ3v) is 4.35. The van der Waals surface area contributed by atoms with Gasteiger partial charge < -0.3 is 19.4 Å². The molecule has 0 unspecified atom stereocenters. The fourth-order valence-electron chi connectivity index (χ4n) is 3.06. The Morgan fingerprint density at radius 2 is 1.76 bits per heavy atom. The van der Waals surface area contributed by atoms with Gasteiger partial charge in [-0.15, -0.1) is 0 Å². The number of benzene rings is 2. The number of hydrogen-bond acceptors (Lipinski definition) is 5. The second-order valence-corrected chi connectivity index (χ2v) is 6.21. The number of fused-ring (bicyclic) bond motifs is 1. The van der Waals surface area contributed by atoms with Gasteiger partial charge in [-0.3, -0.25) is 9.59 Å². The lowest BCUT2D eigenvalue weighted by molar-refractivity contribution is -0.118. The Morgan fingerprint density at radius 3 is 2.52 bits per heavy atom. The number of amides is 1. The zero-order valence-corrected chi connectivity index (χ0v) is 16.3. The highest BCUT2D eigenvalue weighted by atomic mass is 16.5. The molecule has 1 amide bonds. The van der Waals surface area contributed by atoms with Crippen LogP contribution >= 0.6 is 0 Å². The van der Waals surface area contributed by atoms with Crippen LogP contribution in [-0.2, 0) is 16.1 Å². The summed E-state index contributed by atoms with van der Waals surface area (Å²) >= 11 is 0. The van der Waals surface area contributed by atoms with E-state index in [1.807, 2.05) is 31.2 Å². The highest BCUT2D eigenvalue weighted by Crippen LogP contribution is 2.23. The number of anilines is 1. The summed E-state index contributed by atoms with van der Waals surface area (Å²) in [7, 11) is 0. The van der Waals surface area contributed by atoms with Gasteiger partial charge in [-0.05, 0) is 38.1 Å². The molecule has 0 saturated carbocycles. The van der Waals surface area contributed by atoms with Crippen molar-refractivity contribution in [2.45, 2.75) is 20.4 Å². The molecular weight excluding hydrogens is 372 g/mol. The van der Waals surface area contributed by atoms with Crippen LogP contribution in [0.15, 0.2) is 59.4 Å². The number of hydrogen-bond donors (Lipinski definition) is 1. The summed E-state index contributed by atoms with van der Waals surface area (Å²) in [6.45, 7) is 4.06. The lowest BCUT2D eigenvalue weighted by Gasteiger charge is -2.14. The summed E-state index contributed by atoms with van der Waals surface area (Å²) in [5, 5.41) is 3.40. The molecule has 3 rings (SSSR count). The van der Waals surface area contributed by atoms with E-state index in [4.69, 9.17) is 9.47 Å². The van der Waals surface area contributed by atoms with Gasteiger partial charge in [0.2, 0.25) is 0 Å². The van der Waals surface area contributed by atoms with Crippen molar-refractivity contribution in [1.29, 1.82) is 0 Å². The van der Waals surface area contributed by atoms with E-state index in [1.54, 1.807) is 35.8 Å². The van der Waals surface area contributed by atoms with Crippen LogP contribution in [0.2, 0.25) is 0 Å². The Morgan fingerprint density at radius 1 is 1.03 bits per heavy atom. The van der Waals surface area contributed by atoms with Crippen LogP contribution < -0.4 is 15.6 Å². The average Bonchev–Trinajstić information content (AvgIpc) is 2.72. The van der Waals surface area contributed by atoms with Crippen molar-refractivity contribution in [2.24, 2.45) is 0 Å². The average molecular weight is 394 g/mol. The van der Waals surface area contributed by atoms with Crippen molar-refractivity contribution < 1.29 is 19.1 Å². The minimum Gasteiger partial charge on any atom is -0.483 e. The van der Waals surface area contributed by atoms with Gasteiger partial charge in [-0.25, -0.2) is 4.79 Å². The molecule has 0 saturated heterocycles. The molecule has 0 aliphatic carbocycles. The van der Waals surface area contributed by atoms with Crippen LogP contribution in [-0.4, -0.2) is 29.7 Å². The predicted molar refractivity (Wildman–Crippen MR) is 110 cm³/mol. The third-order valence-electron chi connectivity index (χ3n) is 4.35. The molecule has 0 spiro atoms. The first kappa shape index (κ1) is 20.1. The zero-order chi connectivity index (χ0) is 20.8. The van der Waals surface area contributed by atoms with Crippen molar-refractivity contribution in [3.05, 3.63) is 70.5 Å². The second-order valence-electron chi connectivity index (χ2n) is 6.21. The van der Waals surface area contributed by atoms with Crippen LogP contribution in [0.1, 0.15) is 24.2 Å². The molecule has 1 heterocycles. The molecule has 0 radical (unpaired) electrons.